The largest absolute Gasteiger partial charge is 0.398 e. The first-order valence-corrected chi connectivity index (χ1v) is 7.95. The molecule has 0 aromatic heterocycles. The third kappa shape index (κ3) is 2.53. The van der Waals surface area contributed by atoms with Crippen LogP contribution >= 0.6 is 0 Å². The molecular formula is C13H20FN3O2S. The molecule has 1 heterocycles. The van der Waals surface area contributed by atoms with Crippen molar-refractivity contribution >= 4 is 15.7 Å². The summed E-state index contributed by atoms with van der Waals surface area (Å²) in [5, 5.41) is 0. The molecule has 1 aromatic carbocycles. The predicted molar refractivity (Wildman–Crippen MR) is 76.3 cm³/mol. The molecule has 1 saturated heterocycles. The van der Waals surface area contributed by atoms with Crippen molar-refractivity contribution in [3.8, 4) is 0 Å². The first-order chi connectivity index (χ1) is 9.25. The summed E-state index contributed by atoms with van der Waals surface area (Å²) in [5.41, 5.74) is 5.60. The Morgan fingerprint density at radius 2 is 1.80 bits per heavy atom. The van der Waals surface area contributed by atoms with Crippen LogP contribution in [0.1, 0.15) is 13.8 Å². The van der Waals surface area contributed by atoms with Gasteiger partial charge in [0.05, 0.1) is 5.69 Å². The molecule has 0 aliphatic carbocycles. The Balaban J connectivity index is 2.41. The van der Waals surface area contributed by atoms with Gasteiger partial charge in [-0.1, -0.05) is 6.07 Å². The molecule has 2 rings (SSSR count). The van der Waals surface area contributed by atoms with E-state index >= 15 is 0 Å². The van der Waals surface area contributed by atoms with Gasteiger partial charge >= 0.3 is 0 Å². The van der Waals surface area contributed by atoms with Crippen molar-refractivity contribution in [1.29, 1.82) is 0 Å². The summed E-state index contributed by atoms with van der Waals surface area (Å²) in [6, 6.07) is 4.06. The number of nitrogens with zero attached hydrogens (tertiary/aromatic N) is 2. The molecule has 0 spiro atoms. The molecule has 1 aliphatic heterocycles. The van der Waals surface area contributed by atoms with Crippen LogP contribution < -0.4 is 5.73 Å². The fourth-order valence-corrected chi connectivity index (χ4v) is 4.24. The Morgan fingerprint density at radius 1 is 1.25 bits per heavy atom. The number of benzene rings is 1. The van der Waals surface area contributed by atoms with Crippen LogP contribution in [0, 0.1) is 5.82 Å². The highest BCUT2D eigenvalue weighted by molar-refractivity contribution is 7.89. The first-order valence-electron chi connectivity index (χ1n) is 6.51. The van der Waals surface area contributed by atoms with Crippen LogP contribution in [0.2, 0.25) is 0 Å². The molecular weight excluding hydrogens is 281 g/mol. The highest BCUT2D eigenvalue weighted by Gasteiger charge is 2.36. The number of halogens is 1. The van der Waals surface area contributed by atoms with Crippen molar-refractivity contribution < 1.29 is 12.8 Å². The fraction of sp³-hybridized carbons (Fsp3) is 0.538. The lowest BCUT2D eigenvalue weighted by Gasteiger charge is -2.41. The number of anilines is 1. The second-order valence-corrected chi connectivity index (χ2v) is 7.22. The lowest BCUT2D eigenvalue weighted by Crippen LogP contribution is -2.56. The van der Waals surface area contributed by atoms with Gasteiger partial charge < -0.3 is 5.73 Å². The molecule has 2 N–H and O–H groups in total. The molecule has 7 heteroatoms. The zero-order valence-electron chi connectivity index (χ0n) is 11.9. The van der Waals surface area contributed by atoms with Gasteiger partial charge in [-0.2, -0.15) is 4.31 Å². The van der Waals surface area contributed by atoms with Gasteiger partial charge in [-0.3, -0.25) is 4.90 Å². The quantitative estimate of drug-likeness (QED) is 0.831. The third-order valence-corrected chi connectivity index (χ3v) is 5.85. The van der Waals surface area contributed by atoms with Gasteiger partial charge in [-0.25, -0.2) is 12.8 Å². The monoisotopic (exact) mass is 301 g/mol. The van der Waals surface area contributed by atoms with Crippen molar-refractivity contribution in [2.45, 2.75) is 30.8 Å². The number of nitrogens with two attached hydrogens (primary N) is 1. The minimum atomic E-state index is -3.91. The number of hydrogen-bond acceptors (Lipinski definition) is 4. The van der Waals surface area contributed by atoms with Crippen molar-refractivity contribution in [3.05, 3.63) is 24.0 Å². The number of hydrogen-bond donors (Lipinski definition) is 1. The maximum Gasteiger partial charge on any atom is 0.248 e. The Labute approximate surface area is 119 Å². The maximum atomic E-state index is 13.9. The van der Waals surface area contributed by atoms with E-state index in [4.69, 9.17) is 5.73 Å². The van der Waals surface area contributed by atoms with Gasteiger partial charge in [-0.05, 0) is 33.0 Å². The molecule has 1 fully saturated rings. The van der Waals surface area contributed by atoms with E-state index in [1.165, 1.54) is 16.4 Å². The van der Waals surface area contributed by atoms with Gasteiger partial charge in [0, 0.05) is 25.2 Å². The zero-order valence-corrected chi connectivity index (χ0v) is 12.7. The molecule has 0 amide bonds. The van der Waals surface area contributed by atoms with E-state index in [0.717, 1.165) is 6.07 Å². The minimum absolute atomic E-state index is 0.0516. The Morgan fingerprint density at radius 3 is 2.30 bits per heavy atom. The molecule has 1 aromatic rings. The van der Waals surface area contributed by atoms with Gasteiger partial charge in [0.15, 0.2) is 0 Å². The third-order valence-electron chi connectivity index (χ3n) is 3.92. The van der Waals surface area contributed by atoms with Crippen LogP contribution in [0.25, 0.3) is 0 Å². The molecule has 112 valence electrons. The Bertz CT molecular complexity index is 573. The van der Waals surface area contributed by atoms with E-state index in [1.807, 2.05) is 20.9 Å². The normalized spacial score (nSPS) is 25.8. The topological polar surface area (TPSA) is 66.6 Å². The molecule has 0 bridgehead atoms. The summed E-state index contributed by atoms with van der Waals surface area (Å²) >= 11 is 0. The van der Waals surface area contributed by atoms with E-state index in [1.54, 1.807) is 0 Å². The number of likely N-dealkylation sites (N-methyl/N-ethyl adjacent to an activating group) is 1. The molecule has 0 radical (unpaired) electrons. The van der Waals surface area contributed by atoms with Crippen LogP contribution in [0.15, 0.2) is 23.1 Å². The van der Waals surface area contributed by atoms with Crippen LogP contribution in [0.5, 0.6) is 0 Å². The summed E-state index contributed by atoms with van der Waals surface area (Å²) < 4.78 is 40.4. The molecule has 1 aliphatic rings. The van der Waals surface area contributed by atoms with Gasteiger partial charge in [-0.15, -0.1) is 0 Å². The molecule has 5 nitrogen and oxygen atoms in total. The van der Waals surface area contributed by atoms with Gasteiger partial charge in [0.1, 0.15) is 10.7 Å². The first kappa shape index (κ1) is 15.2. The molecule has 0 saturated carbocycles. The molecule has 2 unspecified atom stereocenters. The van der Waals surface area contributed by atoms with Crippen LogP contribution in [0.4, 0.5) is 10.1 Å². The second-order valence-electron chi connectivity index (χ2n) is 5.34. The summed E-state index contributed by atoms with van der Waals surface area (Å²) in [6.45, 7) is 4.56. The molecule has 20 heavy (non-hydrogen) atoms. The van der Waals surface area contributed by atoms with Crippen molar-refractivity contribution in [3.63, 3.8) is 0 Å². The van der Waals surface area contributed by atoms with Gasteiger partial charge in [0.25, 0.3) is 0 Å². The van der Waals surface area contributed by atoms with Crippen molar-refractivity contribution in [2.75, 3.05) is 25.9 Å². The number of nitrogen functional groups attached to an aromatic ring is 1. The van der Waals surface area contributed by atoms with Crippen molar-refractivity contribution in [2.24, 2.45) is 0 Å². The zero-order chi connectivity index (χ0) is 15.1. The second kappa shape index (κ2) is 5.31. The molecule has 2 atom stereocenters. The van der Waals surface area contributed by atoms with Crippen LogP contribution in [0.3, 0.4) is 0 Å². The van der Waals surface area contributed by atoms with E-state index in [9.17, 15) is 12.8 Å². The lowest BCUT2D eigenvalue weighted by molar-refractivity contribution is 0.105. The number of piperazine rings is 1. The standard InChI is InChI=1S/C13H20FN3O2S/c1-9-7-17(8-10(2)16(9)3)20(18,19)13-11(14)5-4-6-12(13)15/h4-6,9-10H,7-8,15H2,1-3H3. The maximum absolute atomic E-state index is 13.9. The Kier molecular flexibility index (Phi) is 4.04. The smallest absolute Gasteiger partial charge is 0.248 e. The Hall–Kier alpha value is -1.18. The fourth-order valence-electron chi connectivity index (χ4n) is 2.48. The SMILES string of the molecule is CC1CN(S(=O)(=O)c2c(N)cccc2F)CC(C)N1C. The van der Waals surface area contributed by atoms with E-state index < -0.39 is 20.7 Å². The number of sulfonamides is 1. The number of rotatable bonds is 2. The summed E-state index contributed by atoms with van der Waals surface area (Å²) in [5.74, 6) is -0.802. The van der Waals surface area contributed by atoms with E-state index in [0.29, 0.717) is 13.1 Å². The van der Waals surface area contributed by atoms with Crippen LogP contribution in [-0.4, -0.2) is 49.8 Å². The average molecular weight is 301 g/mol. The summed E-state index contributed by atoms with van der Waals surface area (Å²) in [6.07, 6.45) is 0. The van der Waals surface area contributed by atoms with E-state index in [2.05, 4.69) is 4.90 Å². The van der Waals surface area contributed by atoms with E-state index in [-0.39, 0.29) is 17.8 Å². The highest BCUT2D eigenvalue weighted by atomic mass is 32.2. The average Bonchev–Trinajstić information content (AvgIpc) is 2.34. The van der Waals surface area contributed by atoms with Gasteiger partial charge in [0.2, 0.25) is 10.0 Å². The van der Waals surface area contributed by atoms with Crippen LogP contribution in [-0.2, 0) is 10.0 Å². The highest BCUT2D eigenvalue weighted by Crippen LogP contribution is 2.28. The summed E-state index contributed by atoms with van der Waals surface area (Å²) in [4.78, 5) is 1.69. The lowest BCUT2D eigenvalue weighted by atomic mass is 10.1. The predicted octanol–water partition coefficient (Wildman–Crippen LogP) is 1.12. The summed E-state index contributed by atoms with van der Waals surface area (Å²) in [7, 11) is -1.95. The minimum Gasteiger partial charge on any atom is -0.398 e. The van der Waals surface area contributed by atoms with Crippen molar-refractivity contribution in [1.82, 2.24) is 9.21 Å².